The minimum atomic E-state index is -0.379. The molecule has 0 atom stereocenters. The highest BCUT2D eigenvalue weighted by molar-refractivity contribution is 5.95. The fraction of sp³-hybridized carbons (Fsp3) is 0.417. The third-order valence-corrected chi connectivity index (χ3v) is 2.47. The number of hydrogen-bond acceptors (Lipinski definition) is 2. The van der Waals surface area contributed by atoms with Crippen LogP contribution in [0.4, 0.5) is 4.39 Å². The number of amides is 1. The Kier molecular flexibility index (Phi) is 6.76. The van der Waals surface area contributed by atoms with Gasteiger partial charge in [0.15, 0.2) is 0 Å². The van der Waals surface area contributed by atoms with Crippen LogP contribution in [0.25, 0.3) is 0 Å². The molecule has 96 valence electrons. The van der Waals surface area contributed by atoms with Gasteiger partial charge in [-0.25, -0.2) is 4.39 Å². The van der Waals surface area contributed by atoms with Crippen LogP contribution < -0.4 is 5.32 Å². The molecule has 5 heteroatoms. The number of rotatable bonds is 4. The summed E-state index contributed by atoms with van der Waals surface area (Å²) in [4.78, 5) is 13.5. The summed E-state index contributed by atoms with van der Waals surface area (Å²) in [7, 11) is 3.54. The van der Waals surface area contributed by atoms with Crippen LogP contribution in [0.5, 0.6) is 0 Å². The van der Waals surface area contributed by atoms with Crippen LogP contribution in [-0.4, -0.2) is 38.0 Å². The molecule has 0 radical (unpaired) electrons. The average molecular weight is 261 g/mol. The van der Waals surface area contributed by atoms with Crippen LogP contribution in [-0.2, 0) is 0 Å². The van der Waals surface area contributed by atoms with Gasteiger partial charge in [-0.05, 0) is 31.7 Å². The molecule has 0 spiro atoms. The fourth-order valence-corrected chi connectivity index (χ4v) is 1.41. The topological polar surface area (TPSA) is 32.3 Å². The smallest absolute Gasteiger partial charge is 0.254 e. The zero-order valence-electron chi connectivity index (χ0n) is 10.3. The summed E-state index contributed by atoms with van der Waals surface area (Å²) in [5, 5.41) is 2.96. The van der Waals surface area contributed by atoms with E-state index in [9.17, 15) is 9.18 Å². The van der Waals surface area contributed by atoms with Gasteiger partial charge in [-0.1, -0.05) is 6.07 Å². The van der Waals surface area contributed by atoms with E-state index in [1.54, 1.807) is 24.9 Å². The number of benzene rings is 1. The predicted octanol–water partition coefficient (Wildman–Crippen LogP) is 1.85. The zero-order valence-corrected chi connectivity index (χ0v) is 11.1. The Bertz CT molecular complexity index is 385. The van der Waals surface area contributed by atoms with Crippen LogP contribution in [0.3, 0.4) is 0 Å². The summed E-state index contributed by atoms with van der Waals surface area (Å²) in [6.45, 7) is 3.13. The van der Waals surface area contributed by atoms with Crippen molar-refractivity contribution in [2.45, 2.75) is 6.92 Å². The maximum absolute atomic E-state index is 13.0. The second-order valence-electron chi connectivity index (χ2n) is 3.79. The lowest BCUT2D eigenvalue weighted by atomic mass is 10.1. The molecule has 0 bridgehead atoms. The van der Waals surface area contributed by atoms with Crippen LogP contribution in [0.15, 0.2) is 18.2 Å². The van der Waals surface area contributed by atoms with Gasteiger partial charge in [0.2, 0.25) is 0 Å². The van der Waals surface area contributed by atoms with E-state index < -0.39 is 0 Å². The van der Waals surface area contributed by atoms with Crippen molar-refractivity contribution in [2.24, 2.45) is 0 Å². The summed E-state index contributed by atoms with van der Waals surface area (Å²) in [6, 6.07) is 4.27. The van der Waals surface area contributed by atoms with Crippen molar-refractivity contribution in [3.05, 3.63) is 35.1 Å². The minimum absolute atomic E-state index is 0. The standard InChI is InChI=1S/C12H17FN2O.ClH/c1-9-4-5-10(13)8-11(9)12(16)15(3)7-6-14-2;/h4-5,8,14H,6-7H2,1-3H3;1H. The maximum atomic E-state index is 13.0. The second kappa shape index (κ2) is 7.25. The Morgan fingerprint density at radius 2 is 2.12 bits per heavy atom. The summed E-state index contributed by atoms with van der Waals surface area (Å²) in [5.74, 6) is -0.525. The van der Waals surface area contributed by atoms with Gasteiger partial charge < -0.3 is 10.2 Å². The summed E-state index contributed by atoms with van der Waals surface area (Å²) in [6.07, 6.45) is 0. The van der Waals surface area contributed by atoms with E-state index in [0.717, 1.165) is 12.1 Å². The summed E-state index contributed by atoms with van der Waals surface area (Å²) < 4.78 is 13.0. The molecule has 0 aliphatic rings. The lowest BCUT2D eigenvalue weighted by molar-refractivity contribution is 0.0795. The number of likely N-dealkylation sites (N-methyl/N-ethyl adjacent to an activating group) is 2. The molecule has 0 aliphatic heterocycles. The lowest BCUT2D eigenvalue weighted by Crippen LogP contribution is -2.33. The summed E-state index contributed by atoms with van der Waals surface area (Å²) in [5.41, 5.74) is 1.22. The van der Waals surface area contributed by atoms with E-state index in [1.807, 2.05) is 7.05 Å². The van der Waals surface area contributed by atoms with Crippen molar-refractivity contribution in [2.75, 3.05) is 27.2 Å². The highest BCUT2D eigenvalue weighted by atomic mass is 35.5. The largest absolute Gasteiger partial charge is 0.340 e. The van der Waals surface area contributed by atoms with Gasteiger partial charge in [0.25, 0.3) is 5.91 Å². The molecular weight excluding hydrogens is 243 g/mol. The van der Waals surface area contributed by atoms with Gasteiger partial charge in [0.05, 0.1) is 0 Å². The molecule has 1 amide bonds. The molecule has 0 aromatic heterocycles. The number of carbonyl (C=O) groups excluding carboxylic acids is 1. The first-order valence-electron chi connectivity index (χ1n) is 5.22. The molecule has 0 heterocycles. The molecule has 1 aromatic rings. The van der Waals surface area contributed by atoms with Crippen molar-refractivity contribution >= 4 is 18.3 Å². The Hall–Kier alpha value is -1.13. The van der Waals surface area contributed by atoms with E-state index in [4.69, 9.17) is 0 Å². The van der Waals surface area contributed by atoms with E-state index in [2.05, 4.69) is 5.32 Å². The quantitative estimate of drug-likeness (QED) is 0.896. The van der Waals surface area contributed by atoms with Gasteiger partial charge in [-0.3, -0.25) is 4.79 Å². The molecule has 0 unspecified atom stereocenters. The molecule has 0 fully saturated rings. The Labute approximate surface area is 107 Å². The second-order valence-corrected chi connectivity index (χ2v) is 3.79. The molecule has 3 nitrogen and oxygen atoms in total. The van der Waals surface area contributed by atoms with Crippen LogP contribution in [0.2, 0.25) is 0 Å². The van der Waals surface area contributed by atoms with Crippen molar-refractivity contribution < 1.29 is 9.18 Å². The highest BCUT2D eigenvalue weighted by Gasteiger charge is 2.14. The van der Waals surface area contributed by atoms with Gasteiger partial charge in [0, 0.05) is 25.7 Å². The van der Waals surface area contributed by atoms with Crippen LogP contribution >= 0.6 is 12.4 Å². The van der Waals surface area contributed by atoms with E-state index in [-0.39, 0.29) is 24.1 Å². The van der Waals surface area contributed by atoms with E-state index in [1.165, 1.54) is 12.1 Å². The van der Waals surface area contributed by atoms with Crippen LogP contribution in [0.1, 0.15) is 15.9 Å². The van der Waals surface area contributed by atoms with Crippen molar-refractivity contribution in [1.29, 1.82) is 0 Å². The zero-order chi connectivity index (χ0) is 12.1. The minimum Gasteiger partial charge on any atom is -0.340 e. The maximum Gasteiger partial charge on any atom is 0.254 e. The van der Waals surface area contributed by atoms with E-state index in [0.29, 0.717) is 12.1 Å². The van der Waals surface area contributed by atoms with Gasteiger partial charge >= 0.3 is 0 Å². The number of halogens is 2. The number of aryl methyl sites for hydroxylation is 1. The van der Waals surface area contributed by atoms with Crippen LogP contribution in [0, 0.1) is 12.7 Å². The van der Waals surface area contributed by atoms with E-state index >= 15 is 0 Å². The molecule has 0 saturated heterocycles. The molecule has 17 heavy (non-hydrogen) atoms. The number of nitrogens with one attached hydrogen (secondary N) is 1. The number of hydrogen-bond donors (Lipinski definition) is 1. The van der Waals surface area contributed by atoms with Crippen molar-refractivity contribution in [3.63, 3.8) is 0 Å². The molecule has 1 aromatic carbocycles. The third-order valence-electron chi connectivity index (χ3n) is 2.47. The Morgan fingerprint density at radius 1 is 1.47 bits per heavy atom. The Balaban J connectivity index is 0.00000256. The number of nitrogens with zero attached hydrogens (tertiary/aromatic N) is 1. The highest BCUT2D eigenvalue weighted by Crippen LogP contribution is 2.12. The molecule has 0 aliphatic carbocycles. The first-order chi connectivity index (χ1) is 7.56. The molecule has 0 saturated carbocycles. The molecule has 1 N–H and O–H groups in total. The van der Waals surface area contributed by atoms with Gasteiger partial charge in [-0.2, -0.15) is 0 Å². The number of carbonyl (C=O) groups is 1. The first kappa shape index (κ1) is 15.9. The van der Waals surface area contributed by atoms with Gasteiger partial charge in [-0.15, -0.1) is 12.4 Å². The molecular formula is C12H18ClFN2O. The molecule has 1 rings (SSSR count). The summed E-state index contributed by atoms with van der Waals surface area (Å²) >= 11 is 0. The van der Waals surface area contributed by atoms with Crippen molar-refractivity contribution in [1.82, 2.24) is 10.2 Å². The average Bonchev–Trinajstić information content (AvgIpc) is 2.28. The Morgan fingerprint density at radius 3 is 2.71 bits per heavy atom. The fourth-order valence-electron chi connectivity index (χ4n) is 1.41. The third kappa shape index (κ3) is 4.32. The predicted molar refractivity (Wildman–Crippen MR) is 69.3 cm³/mol. The van der Waals surface area contributed by atoms with Crippen molar-refractivity contribution in [3.8, 4) is 0 Å². The van der Waals surface area contributed by atoms with Gasteiger partial charge in [0.1, 0.15) is 5.82 Å². The normalized spacial score (nSPS) is 9.65. The lowest BCUT2D eigenvalue weighted by Gasteiger charge is -2.18. The SMILES string of the molecule is CNCCN(C)C(=O)c1cc(F)ccc1C.Cl. The monoisotopic (exact) mass is 260 g/mol. The first-order valence-corrected chi connectivity index (χ1v) is 5.22.